The van der Waals surface area contributed by atoms with Crippen molar-refractivity contribution in [3.8, 4) is 0 Å². The van der Waals surface area contributed by atoms with Gasteiger partial charge in [0.1, 0.15) is 17.3 Å². The molecule has 3 N–H and O–H groups in total. The number of sulfonamides is 1. The minimum Gasteiger partial charge on any atom is -0.326 e. The van der Waals surface area contributed by atoms with Crippen molar-refractivity contribution in [3.63, 3.8) is 0 Å². The Hall–Kier alpha value is -2.85. The van der Waals surface area contributed by atoms with Crippen LogP contribution in [0.1, 0.15) is 5.56 Å². The van der Waals surface area contributed by atoms with Gasteiger partial charge in [0, 0.05) is 5.69 Å². The van der Waals surface area contributed by atoms with Gasteiger partial charge in [0.2, 0.25) is 21.8 Å². The minimum atomic E-state index is -4.04. The fourth-order valence-electron chi connectivity index (χ4n) is 2.42. The Balaban J connectivity index is 1.68. The molecule has 2 amide bonds. The van der Waals surface area contributed by atoms with Crippen LogP contribution in [0, 0.1) is 11.6 Å². The van der Waals surface area contributed by atoms with Gasteiger partial charge in [0.05, 0.1) is 17.9 Å². The Kier molecular flexibility index (Phi) is 4.70. The second-order valence-corrected chi connectivity index (χ2v) is 7.28. The number of para-hydroxylation sites is 1. The molecular formula is C16H13F2N3O4S. The van der Waals surface area contributed by atoms with Crippen LogP contribution >= 0.6 is 0 Å². The van der Waals surface area contributed by atoms with E-state index in [1.165, 1.54) is 18.2 Å². The SMILES string of the molecule is O=C1Cc2cc(S(=O)(=O)NCC(=O)Nc3c(F)cccc3F)ccc2N1. The molecule has 1 heterocycles. The molecule has 0 aromatic heterocycles. The Bertz CT molecular complexity index is 988. The summed E-state index contributed by atoms with van der Waals surface area (Å²) < 4.78 is 53.5. The van der Waals surface area contributed by atoms with E-state index in [0.29, 0.717) is 11.3 Å². The molecule has 2 aromatic rings. The third kappa shape index (κ3) is 3.70. The predicted octanol–water partition coefficient (Wildman–Crippen LogP) is 1.38. The third-order valence-corrected chi connectivity index (χ3v) is 5.06. The molecule has 0 fully saturated rings. The maximum Gasteiger partial charge on any atom is 0.241 e. The molecule has 0 unspecified atom stereocenters. The number of hydrogen-bond acceptors (Lipinski definition) is 4. The average Bonchev–Trinajstić information content (AvgIpc) is 2.95. The first-order valence-corrected chi connectivity index (χ1v) is 8.91. The number of rotatable bonds is 5. The smallest absolute Gasteiger partial charge is 0.241 e. The monoisotopic (exact) mass is 381 g/mol. The first kappa shape index (κ1) is 18.0. The quantitative estimate of drug-likeness (QED) is 0.728. The van der Waals surface area contributed by atoms with E-state index in [-0.39, 0.29) is 17.2 Å². The van der Waals surface area contributed by atoms with Gasteiger partial charge in [0.15, 0.2) is 0 Å². The third-order valence-electron chi connectivity index (χ3n) is 3.66. The zero-order valence-electron chi connectivity index (χ0n) is 13.2. The van der Waals surface area contributed by atoms with Gasteiger partial charge >= 0.3 is 0 Å². The van der Waals surface area contributed by atoms with Crippen molar-refractivity contribution >= 4 is 33.2 Å². The molecule has 10 heteroatoms. The fraction of sp³-hybridized carbons (Fsp3) is 0.125. The summed E-state index contributed by atoms with van der Waals surface area (Å²) in [6, 6.07) is 7.11. The highest BCUT2D eigenvalue weighted by atomic mass is 32.2. The number of anilines is 2. The zero-order valence-corrected chi connectivity index (χ0v) is 14.0. The summed E-state index contributed by atoms with van der Waals surface area (Å²) in [6.45, 7) is -0.718. The van der Waals surface area contributed by atoms with Gasteiger partial charge in [-0.1, -0.05) is 6.07 Å². The molecule has 1 aliphatic heterocycles. The van der Waals surface area contributed by atoms with Gasteiger partial charge in [-0.2, -0.15) is 0 Å². The number of fused-ring (bicyclic) bond motifs is 1. The van der Waals surface area contributed by atoms with Crippen LogP contribution in [0.3, 0.4) is 0 Å². The molecular weight excluding hydrogens is 368 g/mol. The standard InChI is InChI=1S/C16H13F2N3O4S/c17-11-2-1-3-12(18)16(11)21-15(23)8-19-26(24,25)10-4-5-13-9(6-10)7-14(22)20-13/h1-6,19H,7-8H2,(H,20,22)(H,21,23). The van der Waals surface area contributed by atoms with Crippen molar-refractivity contribution in [3.05, 3.63) is 53.6 Å². The Labute approximate surface area is 147 Å². The zero-order chi connectivity index (χ0) is 18.9. The van der Waals surface area contributed by atoms with Crippen LogP contribution in [0.15, 0.2) is 41.3 Å². The summed E-state index contributed by atoms with van der Waals surface area (Å²) in [5.74, 6) is -3.13. The fourth-order valence-corrected chi connectivity index (χ4v) is 3.45. The van der Waals surface area contributed by atoms with Crippen LogP contribution in [0.4, 0.5) is 20.2 Å². The van der Waals surface area contributed by atoms with Crippen molar-refractivity contribution in [1.82, 2.24) is 4.72 Å². The average molecular weight is 381 g/mol. The summed E-state index contributed by atoms with van der Waals surface area (Å²) in [5.41, 5.74) is 0.399. The molecule has 0 aliphatic carbocycles. The van der Waals surface area contributed by atoms with E-state index in [0.717, 1.165) is 18.2 Å². The van der Waals surface area contributed by atoms with Crippen LogP contribution in [-0.4, -0.2) is 26.8 Å². The number of halogens is 2. The van der Waals surface area contributed by atoms with Gasteiger partial charge in [0.25, 0.3) is 0 Å². The number of carbonyl (C=O) groups excluding carboxylic acids is 2. The van der Waals surface area contributed by atoms with Crippen molar-refractivity contribution in [2.24, 2.45) is 0 Å². The summed E-state index contributed by atoms with van der Waals surface area (Å²) in [4.78, 5) is 23.0. The minimum absolute atomic E-state index is 0.0613. The summed E-state index contributed by atoms with van der Waals surface area (Å²) in [5, 5.41) is 4.55. The Morgan fingerprint density at radius 3 is 2.54 bits per heavy atom. The molecule has 0 saturated heterocycles. The van der Waals surface area contributed by atoms with Crippen molar-refractivity contribution in [1.29, 1.82) is 0 Å². The summed E-state index contributed by atoms with van der Waals surface area (Å²) in [7, 11) is -4.04. The van der Waals surface area contributed by atoms with E-state index in [1.54, 1.807) is 0 Å². The largest absolute Gasteiger partial charge is 0.326 e. The Morgan fingerprint density at radius 2 is 1.85 bits per heavy atom. The van der Waals surface area contributed by atoms with Crippen molar-refractivity contribution in [2.45, 2.75) is 11.3 Å². The van der Waals surface area contributed by atoms with Gasteiger partial charge in [-0.3, -0.25) is 9.59 Å². The molecule has 3 rings (SSSR count). The molecule has 7 nitrogen and oxygen atoms in total. The topological polar surface area (TPSA) is 104 Å². The second kappa shape index (κ2) is 6.81. The second-order valence-electron chi connectivity index (χ2n) is 5.51. The van der Waals surface area contributed by atoms with E-state index in [4.69, 9.17) is 0 Å². The molecule has 0 atom stereocenters. The van der Waals surface area contributed by atoms with Gasteiger partial charge < -0.3 is 10.6 Å². The lowest BCUT2D eigenvalue weighted by Gasteiger charge is -2.10. The van der Waals surface area contributed by atoms with Gasteiger partial charge in [-0.05, 0) is 35.9 Å². The number of benzene rings is 2. The lowest BCUT2D eigenvalue weighted by atomic mass is 10.2. The molecule has 26 heavy (non-hydrogen) atoms. The van der Waals surface area contributed by atoms with Crippen LogP contribution in [-0.2, 0) is 26.0 Å². The van der Waals surface area contributed by atoms with E-state index in [1.807, 2.05) is 10.0 Å². The van der Waals surface area contributed by atoms with Crippen LogP contribution < -0.4 is 15.4 Å². The lowest BCUT2D eigenvalue weighted by Crippen LogP contribution is -2.33. The maximum atomic E-state index is 13.5. The predicted molar refractivity (Wildman–Crippen MR) is 89.0 cm³/mol. The van der Waals surface area contributed by atoms with Crippen LogP contribution in [0.5, 0.6) is 0 Å². The summed E-state index contributed by atoms with van der Waals surface area (Å²) >= 11 is 0. The van der Waals surface area contributed by atoms with Crippen molar-refractivity contribution < 1.29 is 26.8 Å². The maximum absolute atomic E-state index is 13.5. The molecule has 2 aromatic carbocycles. The normalized spacial score (nSPS) is 13.2. The highest BCUT2D eigenvalue weighted by Crippen LogP contribution is 2.25. The van der Waals surface area contributed by atoms with Crippen molar-refractivity contribution in [2.75, 3.05) is 17.2 Å². The molecule has 1 aliphatic rings. The van der Waals surface area contributed by atoms with E-state index < -0.39 is 39.8 Å². The number of amides is 2. The van der Waals surface area contributed by atoms with Gasteiger partial charge in [-0.25, -0.2) is 21.9 Å². The Morgan fingerprint density at radius 1 is 1.15 bits per heavy atom. The first-order valence-electron chi connectivity index (χ1n) is 7.42. The molecule has 0 bridgehead atoms. The highest BCUT2D eigenvalue weighted by molar-refractivity contribution is 7.89. The van der Waals surface area contributed by atoms with Crippen LogP contribution in [0.2, 0.25) is 0 Å². The first-order chi connectivity index (χ1) is 12.3. The van der Waals surface area contributed by atoms with E-state index in [9.17, 15) is 26.8 Å². The molecule has 0 radical (unpaired) electrons. The van der Waals surface area contributed by atoms with Gasteiger partial charge in [-0.15, -0.1) is 0 Å². The molecule has 0 spiro atoms. The van der Waals surface area contributed by atoms with E-state index in [2.05, 4.69) is 5.32 Å². The number of hydrogen-bond donors (Lipinski definition) is 3. The summed E-state index contributed by atoms with van der Waals surface area (Å²) in [6.07, 6.45) is 0.0613. The molecule has 136 valence electrons. The van der Waals surface area contributed by atoms with Crippen LogP contribution in [0.25, 0.3) is 0 Å². The van der Waals surface area contributed by atoms with E-state index >= 15 is 0 Å². The lowest BCUT2D eigenvalue weighted by molar-refractivity contribution is -0.115. The number of carbonyl (C=O) groups is 2. The molecule has 0 saturated carbocycles. The number of nitrogens with one attached hydrogen (secondary N) is 3. The highest BCUT2D eigenvalue weighted by Gasteiger charge is 2.22.